The normalized spacial score (nSPS) is 14.7. The van der Waals surface area contributed by atoms with Crippen LogP contribution in [-0.2, 0) is 19.1 Å². The van der Waals surface area contributed by atoms with Crippen molar-refractivity contribution in [3.63, 3.8) is 0 Å². The fourth-order valence-electron chi connectivity index (χ4n) is 2.49. The number of carbonyl (C=O) groups is 3. The van der Waals surface area contributed by atoms with Crippen LogP contribution in [0.2, 0.25) is 0 Å². The molecule has 3 atom stereocenters. The average molecular weight is 359 g/mol. The van der Waals surface area contributed by atoms with Crippen molar-refractivity contribution in [1.29, 1.82) is 0 Å². The Bertz CT molecular complexity index is 435. The third kappa shape index (κ3) is 10.6. The second kappa shape index (κ2) is 11.7. The van der Waals surface area contributed by atoms with Crippen LogP contribution in [0.15, 0.2) is 0 Å². The van der Waals surface area contributed by atoms with Crippen molar-refractivity contribution in [1.82, 2.24) is 5.32 Å². The molecule has 0 unspecified atom stereocenters. The zero-order valence-corrected chi connectivity index (χ0v) is 16.2. The minimum Gasteiger partial charge on any atom is -0.481 e. The number of rotatable bonds is 11. The van der Waals surface area contributed by atoms with Gasteiger partial charge in [0.1, 0.15) is 0 Å². The SMILES string of the molecule is CC[C@H](CC(C)C)C[C@@H](CNC(=O)O[C@H](C)OC(=O)C(C)C)C(=O)O. The number of amides is 1. The Morgan fingerprint density at radius 1 is 1.00 bits per heavy atom. The smallest absolute Gasteiger partial charge is 0.410 e. The number of aliphatic carboxylic acids is 1. The zero-order valence-electron chi connectivity index (χ0n) is 16.2. The van der Waals surface area contributed by atoms with Crippen molar-refractivity contribution in [2.75, 3.05) is 6.54 Å². The van der Waals surface area contributed by atoms with E-state index in [1.165, 1.54) is 6.92 Å². The molecule has 0 aromatic heterocycles. The molecule has 0 bridgehead atoms. The lowest BCUT2D eigenvalue weighted by Gasteiger charge is -2.22. The molecule has 0 aliphatic rings. The van der Waals surface area contributed by atoms with E-state index in [0.29, 0.717) is 18.3 Å². The standard InChI is InChI=1S/C18H33NO6/c1-7-14(8-11(2)3)9-15(16(20)21)10-19-18(23)25-13(6)24-17(22)12(4)5/h11-15H,7-10H2,1-6H3,(H,19,23)(H,20,21)/t13-,14-,15+/m1/s1. The highest BCUT2D eigenvalue weighted by Gasteiger charge is 2.24. The van der Waals surface area contributed by atoms with Gasteiger partial charge in [-0.25, -0.2) is 4.79 Å². The minimum atomic E-state index is -1.03. The van der Waals surface area contributed by atoms with Crippen molar-refractivity contribution in [3.05, 3.63) is 0 Å². The number of carboxylic acids is 1. The molecule has 0 aromatic rings. The van der Waals surface area contributed by atoms with Crippen LogP contribution < -0.4 is 5.32 Å². The summed E-state index contributed by atoms with van der Waals surface area (Å²) in [4.78, 5) is 34.6. The van der Waals surface area contributed by atoms with Crippen molar-refractivity contribution in [2.24, 2.45) is 23.7 Å². The van der Waals surface area contributed by atoms with Crippen LogP contribution in [0, 0.1) is 23.7 Å². The molecule has 0 aromatic carbocycles. The fourth-order valence-corrected chi connectivity index (χ4v) is 2.49. The zero-order chi connectivity index (χ0) is 19.6. The van der Waals surface area contributed by atoms with Gasteiger partial charge in [-0.15, -0.1) is 0 Å². The molecule has 7 nitrogen and oxygen atoms in total. The number of nitrogens with one attached hydrogen (secondary N) is 1. The molecule has 0 radical (unpaired) electrons. The van der Waals surface area contributed by atoms with Gasteiger partial charge < -0.3 is 19.9 Å². The van der Waals surface area contributed by atoms with Crippen molar-refractivity contribution in [2.45, 2.75) is 67.1 Å². The Labute approximate surface area is 150 Å². The summed E-state index contributed by atoms with van der Waals surface area (Å²) >= 11 is 0. The van der Waals surface area contributed by atoms with Crippen molar-refractivity contribution in [3.8, 4) is 0 Å². The van der Waals surface area contributed by atoms with E-state index in [1.54, 1.807) is 13.8 Å². The molecular weight excluding hydrogens is 326 g/mol. The fraction of sp³-hybridized carbons (Fsp3) is 0.833. The second-order valence-electron chi connectivity index (χ2n) is 7.12. The van der Waals surface area contributed by atoms with Crippen LogP contribution in [0.1, 0.15) is 60.8 Å². The number of hydrogen-bond acceptors (Lipinski definition) is 5. The lowest BCUT2D eigenvalue weighted by Crippen LogP contribution is -2.36. The van der Waals surface area contributed by atoms with Gasteiger partial charge in [-0.1, -0.05) is 41.0 Å². The third-order valence-corrected chi connectivity index (χ3v) is 3.87. The van der Waals surface area contributed by atoms with Gasteiger partial charge in [0.05, 0.1) is 11.8 Å². The van der Waals surface area contributed by atoms with Gasteiger partial charge in [0, 0.05) is 13.5 Å². The molecule has 0 saturated heterocycles. The molecular formula is C18H33NO6. The number of carboxylic acid groups (broad SMARTS) is 1. The molecule has 0 heterocycles. The summed E-state index contributed by atoms with van der Waals surface area (Å²) in [6, 6.07) is 0. The van der Waals surface area contributed by atoms with E-state index in [4.69, 9.17) is 9.47 Å². The van der Waals surface area contributed by atoms with Crippen LogP contribution in [-0.4, -0.2) is 36.0 Å². The minimum absolute atomic E-state index is 0.0202. The summed E-state index contributed by atoms with van der Waals surface area (Å²) in [7, 11) is 0. The number of alkyl carbamates (subject to hydrolysis) is 1. The maximum Gasteiger partial charge on any atom is 0.410 e. The first-order valence-corrected chi connectivity index (χ1v) is 8.94. The molecule has 0 saturated carbocycles. The Hall–Kier alpha value is -1.79. The Kier molecular flexibility index (Phi) is 10.9. The van der Waals surface area contributed by atoms with E-state index >= 15 is 0 Å². The van der Waals surface area contributed by atoms with Crippen LogP contribution in [0.5, 0.6) is 0 Å². The molecule has 146 valence electrons. The maximum absolute atomic E-state index is 11.7. The Morgan fingerprint density at radius 3 is 2.04 bits per heavy atom. The number of hydrogen-bond donors (Lipinski definition) is 2. The van der Waals surface area contributed by atoms with Crippen molar-refractivity contribution < 1.29 is 29.0 Å². The number of esters is 1. The maximum atomic E-state index is 11.7. The molecule has 0 aliphatic heterocycles. The third-order valence-electron chi connectivity index (χ3n) is 3.87. The van der Waals surface area contributed by atoms with Gasteiger partial charge >= 0.3 is 18.0 Å². The topological polar surface area (TPSA) is 102 Å². The van der Waals surface area contributed by atoms with Crippen molar-refractivity contribution >= 4 is 18.0 Å². The van der Waals surface area contributed by atoms with E-state index < -0.39 is 30.2 Å². The van der Waals surface area contributed by atoms with E-state index in [1.807, 2.05) is 6.92 Å². The van der Waals surface area contributed by atoms with Gasteiger partial charge in [0.25, 0.3) is 0 Å². The predicted molar refractivity (Wildman–Crippen MR) is 93.9 cm³/mol. The monoisotopic (exact) mass is 359 g/mol. The van der Waals surface area contributed by atoms with E-state index in [0.717, 1.165) is 12.8 Å². The second-order valence-corrected chi connectivity index (χ2v) is 7.12. The van der Waals surface area contributed by atoms with Crippen LogP contribution in [0.25, 0.3) is 0 Å². The lowest BCUT2D eigenvalue weighted by atomic mass is 9.86. The number of ether oxygens (including phenoxy) is 2. The lowest BCUT2D eigenvalue weighted by molar-refractivity contribution is -0.168. The van der Waals surface area contributed by atoms with E-state index in [9.17, 15) is 19.5 Å². The highest BCUT2D eigenvalue weighted by Crippen LogP contribution is 2.23. The first-order valence-electron chi connectivity index (χ1n) is 8.94. The molecule has 0 rings (SSSR count). The largest absolute Gasteiger partial charge is 0.481 e. The van der Waals surface area contributed by atoms with Crippen LogP contribution >= 0.6 is 0 Å². The summed E-state index contributed by atoms with van der Waals surface area (Å²) in [5.41, 5.74) is 0. The first kappa shape index (κ1) is 23.2. The van der Waals surface area contributed by atoms with Gasteiger partial charge in [-0.05, 0) is 24.7 Å². The highest BCUT2D eigenvalue weighted by atomic mass is 16.7. The summed E-state index contributed by atoms with van der Waals surface area (Å²) < 4.78 is 9.84. The average Bonchev–Trinajstić information content (AvgIpc) is 2.48. The highest BCUT2D eigenvalue weighted by molar-refractivity contribution is 5.73. The molecule has 1 amide bonds. The molecule has 0 fully saturated rings. The quantitative estimate of drug-likeness (QED) is 0.433. The first-order chi connectivity index (χ1) is 11.6. The molecule has 0 aliphatic carbocycles. The molecule has 25 heavy (non-hydrogen) atoms. The van der Waals surface area contributed by atoms with Gasteiger partial charge in [-0.2, -0.15) is 0 Å². The van der Waals surface area contributed by atoms with Crippen LogP contribution in [0.4, 0.5) is 4.79 Å². The summed E-state index contributed by atoms with van der Waals surface area (Å²) in [6.45, 7) is 11.0. The Morgan fingerprint density at radius 2 is 1.60 bits per heavy atom. The van der Waals surface area contributed by atoms with E-state index in [-0.39, 0.29) is 12.5 Å². The van der Waals surface area contributed by atoms with Crippen LogP contribution in [0.3, 0.4) is 0 Å². The van der Waals surface area contributed by atoms with Gasteiger partial charge in [-0.3, -0.25) is 9.59 Å². The Balaban J connectivity index is 4.43. The molecule has 2 N–H and O–H groups in total. The molecule has 0 spiro atoms. The summed E-state index contributed by atoms with van der Waals surface area (Å²) in [6.07, 6.45) is 0.527. The number of carbonyl (C=O) groups excluding carboxylic acids is 2. The molecule has 7 heteroatoms. The predicted octanol–water partition coefficient (Wildman–Crippen LogP) is 3.42. The van der Waals surface area contributed by atoms with E-state index in [2.05, 4.69) is 19.2 Å². The summed E-state index contributed by atoms with van der Waals surface area (Å²) in [5, 5.41) is 11.8. The van der Waals surface area contributed by atoms with Gasteiger partial charge in [0.15, 0.2) is 0 Å². The summed E-state index contributed by atoms with van der Waals surface area (Å²) in [5.74, 6) is -1.62. The van der Waals surface area contributed by atoms with Gasteiger partial charge in [0.2, 0.25) is 6.29 Å².